The summed E-state index contributed by atoms with van der Waals surface area (Å²) in [6, 6.07) is 3.61. The molecule has 1 aliphatic carbocycles. The molecule has 0 bridgehead atoms. The molecule has 1 aliphatic rings. The minimum Gasteiger partial charge on any atom is -0.370 e. The second-order valence-corrected chi connectivity index (χ2v) is 4.00. The Kier molecular flexibility index (Phi) is 2.79. The van der Waals surface area contributed by atoms with E-state index in [1.165, 1.54) is 6.07 Å². The van der Waals surface area contributed by atoms with Crippen molar-refractivity contribution in [3.8, 4) is 0 Å². The van der Waals surface area contributed by atoms with Gasteiger partial charge in [0, 0.05) is 5.92 Å². The third-order valence-electron chi connectivity index (χ3n) is 2.72. The van der Waals surface area contributed by atoms with Crippen LogP contribution in [0.1, 0.15) is 17.9 Å². The maximum Gasteiger partial charge on any atom is 0.252 e. The molecule has 0 spiro atoms. The van der Waals surface area contributed by atoms with Crippen LogP contribution in [0.2, 0.25) is 0 Å². The number of aliphatic imine (C=N–C) groups is 1. The maximum atomic E-state index is 13.0. The lowest BCUT2D eigenvalue weighted by molar-refractivity contribution is -0.119. The van der Waals surface area contributed by atoms with Crippen LogP contribution in [0.25, 0.3) is 0 Å². The maximum absolute atomic E-state index is 13.0. The van der Waals surface area contributed by atoms with Gasteiger partial charge in [-0.2, -0.15) is 4.99 Å². The molecule has 1 aromatic rings. The predicted octanol–water partition coefficient (Wildman–Crippen LogP) is 0.868. The first-order valence-corrected chi connectivity index (χ1v) is 5.07. The Balaban J connectivity index is 2.10. The van der Waals surface area contributed by atoms with E-state index in [4.69, 9.17) is 11.5 Å². The average molecular weight is 239 g/mol. The molecule has 2 unspecified atom stereocenters. The zero-order valence-corrected chi connectivity index (χ0v) is 8.86. The van der Waals surface area contributed by atoms with Crippen LogP contribution in [0.5, 0.6) is 0 Å². The van der Waals surface area contributed by atoms with Crippen molar-refractivity contribution in [3.05, 3.63) is 35.4 Å². The predicted molar refractivity (Wildman–Crippen MR) is 58.0 cm³/mol. The Morgan fingerprint density at radius 1 is 1.29 bits per heavy atom. The number of amides is 1. The fourth-order valence-electron chi connectivity index (χ4n) is 1.79. The van der Waals surface area contributed by atoms with Crippen molar-refractivity contribution in [1.82, 2.24) is 0 Å². The van der Waals surface area contributed by atoms with Crippen LogP contribution in [0, 0.1) is 17.6 Å². The second-order valence-electron chi connectivity index (χ2n) is 4.00. The van der Waals surface area contributed by atoms with E-state index in [1.807, 2.05) is 0 Å². The lowest BCUT2D eigenvalue weighted by Gasteiger charge is -2.00. The lowest BCUT2D eigenvalue weighted by Crippen LogP contribution is -2.24. The Morgan fingerprint density at radius 3 is 2.59 bits per heavy atom. The lowest BCUT2D eigenvalue weighted by atomic mass is 10.1. The van der Waals surface area contributed by atoms with Crippen LogP contribution in [0.15, 0.2) is 23.2 Å². The summed E-state index contributed by atoms with van der Waals surface area (Å²) >= 11 is 0. The van der Waals surface area contributed by atoms with Gasteiger partial charge in [0.2, 0.25) is 0 Å². The van der Waals surface area contributed by atoms with Gasteiger partial charge in [-0.15, -0.1) is 0 Å². The molecule has 4 nitrogen and oxygen atoms in total. The standard InChI is InChI=1S/C11H11F2N3O/c12-8-2-1-5(3-9(8)13)6-4-7(6)10(17)16-11(14)15/h1-3,6-7H,4H2,(H4,14,15,16,17). The van der Waals surface area contributed by atoms with Gasteiger partial charge in [0.05, 0.1) is 0 Å². The van der Waals surface area contributed by atoms with E-state index >= 15 is 0 Å². The summed E-state index contributed by atoms with van der Waals surface area (Å²) in [6.45, 7) is 0. The van der Waals surface area contributed by atoms with Crippen LogP contribution in [-0.4, -0.2) is 11.9 Å². The Morgan fingerprint density at radius 2 is 2.00 bits per heavy atom. The van der Waals surface area contributed by atoms with Crippen molar-refractivity contribution in [1.29, 1.82) is 0 Å². The topological polar surface area (TPSA) is 81.5 Å². The Bertz CT molecular complexity index is 497. The third-order valence-corrected chi connectivity index (χ3v) is 2.72. The highest BCUT2D eigenvalue weighted by molar-refractivity contribution is 5.94. The van der Waals surface area contributed by atoms with Crippen molar-refractivity contribution in [2.75, 3.05) is 0 Å². The van der Waals surface area contributed by atoms with E-state index in [1.54, 1.807) is 0 Å². The molecule has 0 aliphatic heterocycles. The van der Waals surface area contributed by atoms with Crippen molar-refractivity contribution in [3.63, 3.8) is 0 Å². The number of hydrogen-bond donors (Lipinski definition) is 2. The van der Waals surface area contributed by atoms with Crippen LogP contribution in [-0.2, 0) is 4.79 Å². The Hall–Kier alpha value is -1.98. The number of carbonyl (C=O) groups is 1. The smallest absolute Gasteiger partial charge is 0.252 e. The fraction of sp³-hybridized carbons (Fsp3) is 0.273. The number of guanidine groups is 1. The normalized spacial score (nSPS) is 22.0. The molecule has 4 N–H and O–H groups in total. The number of halogens is 2. The first-order valence-electron chi connectivity index (χ1n) is 5.07. The molecule has 17 heavy (non-hydrogen) atoms. The minimum atomic E-state index is -0.914. The number of hydrogen-bond acceptors (Lipinski definition) is 1. The van der Waals surface area contributed by atoms with Gasteiger partial charge in [0.15, 0.2) is 17.6 Å². The fourth-order valence-corrected chi connectivity index (χ4v) is 1.79. The molecule has 0 radical (unpaired) electrons. The van der Waals surface area contributed by atoms with E-state index < -0.39 is 17.5 Å². The molecular formula is C11H11F2N3O. The molecule has 1 aromatic carbocycles. The number of carbonyl (C=O) groups excluding carboxylic acids is 1. The summed E-state index contributed by atoms with van der Waals surface area (Å²) < 4.78 is 25.7. The molecule has 1 fully saturated rings. The van der Waals surface area contributed by atoms with Gasteiger partial charge >= 0.3 is 0 Å². The minimum absolute atomic E-state index is 0.124. The molecule has 0 aromatic heterocycles. The highest BCUT2D eigenvalue weighted by Crippen LogP contribution is 2.48. The zero-order chi connectivity index (χ0) is 12.6. The zero-order valence-electron chi connectivity index (χ0n) is 8.86. The van der Waals surface area contributed by atoms with Gasteiger partial charge < -0.3 is 11.5 Å². The molecule has 0 heterocycles. The van der Waals surface area contributed by atoms with Gasteiger partial charge in [-0.05, 0) is 30.0 Å². The monoisotopic (exact) mass is 239 g/mol. The largest absolute Gasteiger partial charge is 0.370 e. The van der Waals surface area contributed by atoms with Crippen molar-refractivity contribution >= 4 is 11.9 Å². The molecule has 90 valence electrons. The van der Waals surface area contributed by atoms with Crippen LogP contribution < -0.4 is 11.5 Å². The third kappa shape index (κ3) is 2.41. The van der Waals surface area contributed by atoms with Crippen LogP contribution >= 0.6 is 0 Å². The van der Waals surface area contributed by atoms with E-state index in [-0.39, 0.29) is 17.8 Å². The van der Waals surface area contributed by atoms with E-state index in [0.717, 1.165) is 12.1 Å². The van der Waals surface area contributed by atoms with Gasteiger partial charge in [-0.1, -0.05) is 6.07 Å². The summed E-state index contributed by atoms with van der Waals surface area (Å²) in [5.41, 5.74) is 10.8. The summed E-state index contributed by atoms with van der Waals surface area (Å²) in [4.78, 5) is 14.9. The Labute approximate surface area is 96.3 Å². The highest BCUT2D eigenvalue weighted by Gasteiger charge is 2.44. The van der Waals surface area contributed by atoms with E-state index in [0.29, 0.717) is 12.0 Å². The number of nitrogens with two attached hydrogens (primary N) is 2. The van der Waals surface area contributed by atoms with Crippen molar-refractivity contribution in [2.24, 2.45) is 22.4 Å². The summed E-state index contributed by atoms with van der Waals surface area (Å²) in [5.74, 6) is -2.97. The molecule has 6 heteroatoms. The quantitative estimate of drug-likeness (QED) is 0.593. The SMILES string of the molecule is NC(N)=NC(=O)C1CC1c1ccc(F)c(F)c1. The molecule has 2 atom stereocenters. The summed E-state index contributed by atoms with van der Waals surface area (Å²) in [5, 5.41) is 0. The average Bonchev–Trinajstić information content (AvgIpc) is 3.01. The van der Waals surface area contributed by atoms with Crippen molar-refractivity contribution in [2.45, 2.75) is 12.3 Å². The number of benzene rings is 1. The number of nitrogens with zero attached hydrogens (tertiary/aromatic N) is 1. The molecule has 2 rings (SSSR count). The van der Waals surface area contributed by atoms with Crippen molar-refractivity contribution < 1.29 is 13.6 Å². The first-order chi connectivity index (χ1) is 7.99. The van der Waals surface area contributed by atoms with Gasteiger partial charge in [0.25, 0.3) is 5.91 Å². The molecule has 0 saturated heterocycles. The molecule has 1 amide bonds. The van der Waals surface area contributed by atoms with Gasteiger partial charge in [-0.25, -0.2) is 8.78 Å². The first kappa shape index (κ1) is 11.5. The summed E-state index contributed by atoms with van der Waals surface area (Å²) in [7, 11) is 0. The van der Waals surface area contributed by atoms with Gasteiger partial charge in [-0.3, -0.25) is 4.79 Å². The van der Waals surface area contributed by atoms with E-state index in [9.17, 15) is 13.6 Å². The van der Waals surface area contributed by atoms with Crippen LogP contribution in [0.4, 0.5) is 8.78 Å². The van der Waals surface area contributed by atoms with Crippen LogP contribution in [0.3, 0.4) is 0 Å². The molecule has 1 saturated carbocycles. The summed E-state index contributed by atoms with van der Waals surface area (Å²) in [6.07, 6.45) is 0.556. The van der Waals surface area contributed by atoms with Gasteiger partial charge in [0.1, 0.15) is 0 Å². The van der Waals surface area contributed by atoms with E-state index in [2.05, 4.69) is 4.99 Å². The molecular weight excluding hydrogens is 228 g/mol. The highest BCUT2D eigenvalue weighted by atomic mass is 19.2. The second kappa shape index (κ2) is 4.12. The number of rotatable bonds is 2.